The first-order valence-corrected chi connectivity index (χ1v) is 12.2. The second-order valence-electron chi connectivity index (χ2n) is 7.21. The van der Waals surface area contributed by atoms with E-state index >= 15 is 0 Å². The number of nitrogens with one attached hydrogen (secondary N) is 1. The van der Waals surface area contributed by atoms with Crippen LogP contribution in [0.25, 0.3) is 0 Å². The number of benzene rings is 2. The number of sulfonamides is 1. The quantitative estimate of drug-likeness (QED) is 0.535. The molecule has 1 heterocycles. The number of halogens is 2. The van der Waals surface area contributed by atoms with Gasteiger partial charge in [0.2, 0.25) is 10.0 Å². The molecule has 0 unspecified atom stereocenters. The van der Waals surface area contributed by atoms with Gasteiger partial charge >= 0.3 is 0 Å². The average molecular weight is 488 g/mol. The number of ether oxygens (including phenoxy) is 2. The van der Waals surface area contributed by atoms with Crippen LogP contribution in [0.1, 0.15) is 6.42 Å². The third kappa shape index (κ3) is 6.25. The Balaban J connectivity index is 1.83. The molecule has 2 aromatic rings. The minimum Gasteiger partial charge on any atom is -0.456 e. The first kappa shape index (κ1) is 24.1. The number of hydrogen-bond acceptors (Lipinski definition) is 6. The van der Waals surface area contributed by atoms with Crippen LogP contribution in [0, 0.1) is 0 Å². The van der Waals surface area contributed by atoms with Gasteiger partial charge in [-0.3, -0.25) is 0 Å². The Bertz CT molecular complexity index is 976. The summed E-state index contributed by atoms with van der Waals surface area (Å²) in [7, 11) is -0.344. The predicted molar refractivity (Wildman–Crippen MR) is 124 cm³/mol. The van der Waals surface area contributed by atoms with Crippen LogP contribution in [0.15, 0.2) is 41.3 Å². The zero-order chi connectivity index (χ0) is 22.4. The summed E-state index contributed by atoms with van der Waals surface area (Å²) >= 11 is 12.1. The molecule has 170 valence electrons. The minimum absolute atomic E-state index is 0.100. The fraction of sp³-hybridized carbons (Fsp3) is 0.429. The first-order chi connectivity index (χ1) is 14.8. The molecular formula is C21H27Cl2N3O4S. The molecule has 1 saturated heterocycles. The number of piperazine rings is 1. The number of nitrogens with zero attached hydrogens (tertiary/aromatic N) is 2. The molecule has 0 aliphatic carbocycles. The molecule has 1 aliphatic heterocycles. The van der Waals surface area contributed by atoms with E-state index in [1.54, 1.807) is 50.6 Å². The van der Waals surface area contributed by atoms with Gasteiger partial charge in [0.25, 0.3) is 0 Å². The van der Waals surface area contributed by atoms with Crippen LogP contribution in [-0.4, -0.2) is 71.1 Å². The van der Waals surface area contributed by atoms with Gasteiger partial charge in [-0.2, -0.15) is 4.31 Å². The van der Waals surface area contributed by atoms with Gasteiger partial charge in [-0.05, 0) is 42.8 Å². The van der Waals surface area contributed by atoms with E-state index in [0.29, 0.717) is 54.3 Å². The Hall–Kier alpha value is -1.55. The van der Waals surface area contributed by atoms with E-state index in [1.807, 2.05) is 0 Å². The van der Waals surface area contributed by atoms with Crippen molar-refractivity contribution in [3.63, 3.8) is 0 Å². The van der Waals surface area contributed by atoms with Crippen molar-refractivity contribution >= 4 is 38.9 Å². The maximum absolute atomic E-state index is 13.5. The lowest BCUT2D eigenvalue weighted by Gasteiger charge is -2.34. The van der Waals surface area contributed by atoms with Crippen LogP contribution in [0.4, 0.5) is 5.69 Å². The third-order valence-electron chi connectivity index (χ3n) is 5.07. The van der Waals surface area contributed by atoms with Gasteiger partial charge in [0.1, 0.15) is 16.4 Å². The highest BCUT2D eigenvalue weighted by Gasteiger charge is 2.31. The molecule has 3 rings (SSSR count). The molecular weight excluding hydrogens is 461 g/mol. The average Bonchev–Trinajstić information content (AvgIpc) is 2.74. The van der Waals surface area contributed by atoms with Gasteiger partial charge in [-0.25, -0.2) is 8.42 Å². The third-order valence-corrected chi connectivity index (χ3v) is 7.42. The van der Waals surface area contributed by atoms with Crippen LogP contribution in [0.5, 0.6) is 11.5 Å². The topological polar surface area (TPSA) is 71.1 Å². The van der Waals surface area contributed by atoms with Gasteiger partial charge in [-0.1, -0.05) is 23.2 Å². The monoisotopic (exact) mass is 487 g/mol. The Kier molecular flexibility index (Phi) is 8.43. The number of hydrogen-bond donors (Lipinski definition) is 1. The van der Waals surface area contributed by atoms with Crippen molar-refractivity contribution < 1.29 is 17.9 Å². The van der Waals surface area contributed by atoms with Crippen molar-refractivity contribution in [2.75, 3.05) is 58.8 Å². The summed E-state index contributed by atoms with van der Waals surface area (Å²) in [5.74, 6) is 0.592. The molecule has 10 heteroatoms. The minimum atomic E-state index is -3.76. The second kappa shape index (κ2) is 10.8. The van der Waals surface area contributed by atoms with Gasteiger partial charge in [0.05, 0.1) is 0 Å². The van der Waals surface area contributed by atoms with E-state index in [1.165, 1.54) is 4.31 Å². The zero-order valence-corrected chi connectivity index (χ0v) is 19.9. The van der Waals surface area contributed by atoms with Crippen LogP contribution < -0.4 is 10.1 Å². The van der Waals surface area contributed by atoms with Gasteiger partial charge in [0, 0.05) is 69.2 Å². The fourth-order valence-electron chi connectivity index (χ4n) is 3.43. The lowest BCUT2D eigenvalue weighted by Crippen LogP contribution is -2.48. The summed E-state index contributed by atoms with van der Waals surface area (Å²) < 4.78 is 39.5. The second-order valence-corrected chi connectivity index (χ2v) is 9.99. The lowest BCUT2D eigenvalue weighted by atomic mass is 10.3. The van der Waals surface area contributed by atoms with E-state index in [4.69, 9.17) is 32.7 Å². The highest BCUT2D eigenvalue weighted by Crippen LogP contribution is 2.35. The molecule has 31 heavy (non-hydrogen) atoms. The predicted octanol–water partition coefficient (Wildman–Crippen LogP) is 4.17. The van der Waals surface area contributed by atoms with Crippen molar-refractivity contribution in [3.05, 3.63) is 46.4 Å². The smallest absolute Gasteiger partial charge is 0.246 e. The molecule has 1 fully saturated rings. The SMILES string of the molecule is CNc1ccc(Oc2cc(Cl)cc(Cl)c2)c(S(=O)(=O)N2CCN(CCCOC)CC2)c1. The summed E-state index contributed by atoms with van der Waals surface area (Å²) in [6.45, 7) is 3.77. The van der Waals surface area contributed by atoms with Crippen LogP contribution in [0.2, 0.25) is 10.0 Å². The number of rotatable bonds is 9. The Morgan fingerprint density at radius 3 is 2.32 bits per heavy atom. The maximum atomic E-state index is 13.5. The van der Waals surface area contributed by atoms with Gasteiger partial charge < -0.3 is 19.7 Å². The van der Waals surface area contributed by atoms with Crippen LogP contribution in [-0.2, 0) is 14.8 Å². The lowest BCUT2D eigenvalue weighted by molar-refractivity contribution is 0.149. The van der Waals surface area contributed by atoms with Crippen molar-refractivity contribution in [1.29, 1.82) is 0 Å². The van der Waals surface area contributed by atoms with Gasteiger partial charge in [-0.15, -0.1) is 0 Å². The van der Waals surface area contributed by atoms with Crippen molar-refractivity contribution in [2.24, 2.45) is 0 Å². The molecule has 0 amide bonds. The van der Waals surface area contributed by atoms with Crippen LogP contribution >= 0.6 is 23.2 Å². The number of methoxy groups -OCH3 is 1. The summed E-state index contributed by atoms with van der Waals surface area (Å²) in [6.07, 6.45) is 0.924. The van der Waals surface area contributed by atoms with E-state index in [-0.39, 0.29) is 10.6 Å². The molecule has 0 spiro atoms. The molecule has 1 aliphatic rings. The maximum Gasteiger partial charge on any atom is 0.246 e. The number of anilines is 1. The Labute approximate surface area is 193 Å². The van der Waals surface area contributed by atoms with E-state index in [0.717, 1.165) is 13.0 Å². The molecule has 0 atom stereocenters. The first-order valence-electron chi connectivity index (χ1n) is 10.0. The zero-order valence-electron chi connectivity index (χ0n) is 17.6. The fourth-order valence-corrected chi connectivity index (χ4v) is 5.50. The van der Waals surface area contributed by atoms with E-state index < -0.39 is 10.0 Å². The molecule has 0 aromatic heterocycles. The largest absolute Gasteiger partial charge is 0.456 e. The van der Waals surface area contributed by atoms with E-state index in [2.05, 4.69) is 10.2 Å². The summed E-state index contributed by atoms with van der Waals surface area (Å²) in [5.41, 5.74) is 0.674. The molecule has 2 aromatic carbocycles. The highest BCUT2D eigenvalue weighted by atomic mass is 35.5. The highest BCUT2D eigenvalue weighted by molar-refractivity contribution is 7.89. The molecule has 7 nitrogen and oxygen atoms in total. The summed E-state index contributed by atoms with van der Waals surface area (Å²) in [4.78, 5) is 2.35. The van der Waals surface area contributed by atoms with E-state index in [9.17, 15) is 8.42 Å². The van der Waals surface area contributed by atoms with Crippen LogP contribution in [0.3, 0.4) is 0 Å². The summed E-state index contributed by atoms with van der Waals surface area (Å²) in [5, 5.41) is 3.80. The van der Waals surface area contributed by atoms with Gasteiger partial charge in [0.15, 0.2) is 0 Å². The van der Waals surface area contributed by atoms with Crippen molar-refractivity contribution in [2.45, 2.75) is 11.3 Å². The van der Waals surface area contributed by atoms with Crippen molar-refractivity contribution in [1.82, 2.24) is 9.21 Å². The Morgan fingerprint density at radius 2 is 1.71 bits per heavy atom. The molecule has 1 N–H and O–H groups in total. The molecule has 0 saturated carbocycles. The molecule has 0 radical (unpaired) electrons. The standard InChI is InChI=1S/C21H27Cl2N3O4S/c1-24-18-4-5-20(30-19-13-16(22)12-17(23)14-19)21(15-18)31(27,28)26-9-7-25(8-10-26)6-3-11-29-2/h4-5,12-15,24H,3,6-11H2,1-2H3. The summed E-state index contributed by atoms with van der Waals surface area (Å²) in [6, 6.07) is 9.75. The normalized spacial score (nSPS) is 15.7. The van der Waals surface area contributed by atoms with Crippen molar-refractivity contribution in [3.8, 4) is 11.5 Å². The molecule has 0 bridgehead atoms. The Morgan fingerprint density at radius 1 is 1.03 bits per heavy atom.